The van der Waals surface area contributed by atoms with Crippen LogP contribution in [-0.2, 0) is 6.54 Å². The van der Waals surface area contributed by atoms with E-state index in [1.165, 1.54) is 10.2 Å². The van der Waals surface area contributed by atoms with Crippen LogP contribution in [0.1, 0.15) is 23.8 Å². The highest BCUT2D eigenvalue weighted by Crippen LogP contribution is 2.24. The van der Waals surface area contributed by atoms with Crippen molar-refractivity contribution < 1.29 is 4.79 Å². The summed E-state index contributed by atoms with van der Waals surface area (Å²) in [4.78, 5) is 10.8. The summed E-state index contributed by atoms with van der Waals surface area (Å²) >= 11 is 1.68. The number of hydrogen-bond donors (Lipinski definition) is 0. The molecule has 0 atom stereocenters. The van der Waals surface area contributed by atoms with Gasteiger partial charge in [0.15, 0.2) is 6.29 Å². The Bertz CT molecular complexity index is 427. The molecule has 0 spiro atoms. The van der Waals surface area contributed by atoms with E-state index in [-0.39, 0.29) is 0 Å². The lowest BCUT2D eigenvalue weighted by atomic mass is 10.4. The molecule has 0 amide bonds. The highest BCUT2D eigenvalue weighted by Gasteiger charge is 2.07. The SMILES string of the molecule is CCCn1c(C=O)cc2sccc21. The summed E-state index contributed by atoms with van der Waals surface area (Å²) < 4.78 is 3.29. The Morgan fingerprint density at radius 2 is 2.46 bits per heavy atom. The molecule has 0 aromatic carbocycles. The fourth-order valence-electron chi connectivity index (χ4n) is 1.57. The summed E-state index contributed by atoms with van der Waals surface area (Å²) in [7, 11) is 0. The predicted octanol–water partition coefficient (Wildman–Crippen LogP) is 2.93. The van der Waals surface area contributed by atoms with Gasteiger partial charge >= 0.3 is 0 Å². The van der Waals surface area contributed by atoms with Crippen LogP contribution < -0.4 is 0 Å². The Balaban J connectivity index is 2.62. The van der Waals surface area contributed by atoms with E-state index >= 15 is 0 Å². The Hall–Kier alpha value is -1.09. The van der Waals surface area contributed by atoms with E-state index in [1.54, 1.807) is 11.3 Å². The van der Waals surface area contributed by atoms with E-state index in [0.717, 1.165) is 24.9 Å². The number of thiophene rings is 1. The van der Waals surface area contributed by atoms with Crippen LogP contribution in [0.2, 0.25) is 0 Å². The maximum Gasteiger partial charge on any atom is 0.166 e. The molecule has 68 valence electrons. The van der Waals surface area contributed by atoms with Crippen LogP contribution in [0, 0.1) is 0 Å². The second-order valence-corrected chi connectivity index (χ2v) is 3.96. The quantitative estimate of drug-likeness (QED) is 0.687. The number of rotatable bonds is 3. The maximum atomic E-state index is 10.8. The number of aromatic nitrogens is 1. The smallest absolute Gasteiger partial charge is 0.166 e. The summed E-state index contributed by atoms with van der Waals surface area (Å²) in [6, 6.07) is 4.03. The fraction of sp³-hybridized carbons (Fsp3) is 0.300. The van der Waals surface area contributed by atoms with Gasteiger partial charge in [0.05, 0.1) is 15.9 Å². The average Bonchev–Trinajstić information content (AvgIpc) is 2.67. The second kappa shape index (κ2) is 3.34. The summed E-state index contributed by atoms with van der Waals surface area (Å²) in [6.07, 6.45) is 1.99. The topological polar surface area (TPSA) is 22.0 Å². The number of aldehydes is 1. The molecule has 2 rings (SSSR count). The van der Waals surface area contributed by atoms with Gasteiger partial charge < -0.3 is 4.57 Å². The molecule has 3 heteroatoms. The van der Waals surface area contributed by atoms with Gasteiger partial charge in [0.2, 0.25) is 0 Å². The Morgan fingerprint density at radius 1 is 1.62 bits per heavy atom. The third-order valence-electron chi connectivity index (χ3n) is 2.12. The van der Waals surface area contributed by atoms with Gasteiger partial charge in [0, 0.05) is 6.54 Å². The lowest BCUT2D eigenvalue weighted by Crippen LogP contribution is -2.00. The molecule has 0 bridgehead atoms. The second-order valence-electron chi connectivity index (χ2n) is 3.01. The molecule has 0 radical (unpaired) electrons. The monoisotopic (exact) mass is 193 g/mol. The van der Waals surface area contributed by atoms with Crippen molar-refractivity contribution in [2.24, 2.45) is 0 Å². The minimum atomic E-state index is 0.795. The molecule has 2 nitrogen and oxygen atoms in total. The van der Waals surface area contributed by atoms with Gasteiger partial charge in [-0.05, 0) is 23.9 Å². The van der Waals surface area contributed by atoms with E-state index in [2.05, 4.69) is 22.9 Å². The van der Waals surface area contributed by atoms with E-state index < -0.39 is 0 Å². The highest BCUT2D eigenvalue weighted by atomic mass is 32.1. The van der Waals surface area contributed by atoms with Gasteiger partial charge in [-0.25, -0.2) is 0 Å². The van der Waals surface area contributed by atoms with Crippen molar-refractivity contribution >= 4 is 27.8 Å². The molecule has 2 aromatic heterocycles. The zero-order valence-corrected chi connectivity index (χ0v) is 8.30. The molecule has 0 saturated heterocycles. The van der Waals surface area contributed by atoms with Crippen molar-refractivity contribution in [2.45, 2.75) is 19.9 Å². The third kappa shape index (κ3) is 1.29. The number of carbonyl (C=O) groups is 1. The van der Waals surface area contributed by atoms with Gasteiger partial charge in [-0.2, -0.15) is 0 Å². The molecule has 0 unspecified atom stereocenters. The molecule has 0 aliphatic rings. The van der Waals surface area contributed by atoms with Crippen molar-refractivity contribution in [1.82, 2.24) is 4.57 Å². The summed E-state index contributed by atoms with van der Waals surface area (Å²) in [5.41, 5.74) is 1.98. The Kier molecular flexibility index (Phi) is 2.19. The number of carbonyl (C=O) groups excluding carboxylic acids is 1. The first-order valence-corrected chi connectivity index (χ1v) is 5.26. The van der Waals surface area contributed by atoms with E-state index in [9.17, 15) is 4.79 Å². The molecule has 0 fully saturated rings. The van der Waals surface area contributed by atoms with Crippen LogP contribution in [-0.4, -0.2) is 10.9 Å². The normalized spacial score (nSPS) is 10.8. The van der Waals surface area contributed by atoms with E-state index in [0.29, 0.717) is 0 Å². The van der Waals surface area contributed by atoms with Crippen LogP contribution in [0.3, 0.4) is 0 Å². The molecule has 2 heterocycles. The first kappa shape index (κ1) is 8.51. The van der Waals surface area contributed by atoms with Crippen molar-refractivity contribution in [3.63, 3.8) is 0 Å². The van der Waals surface area contributed by atoms with Gasteiger partial charge in [0.25, 0.3) is 0 Å². The van der Waals surface area contributed by atoms with Gasteiger partial charge in [-0.1, -0.05) is 6.92 Å². The molecule has 0 aliphatic carbocycles. The number of nitrogens with zero attached hydrogens (tertiary/aromatic N) is 1. The molecular weight excluding hydrogens is 182 g/mol. The van der Waals surface area contributed by atoms with Crippen LogP contribution in [0.25, 0.3) is 10.2 Å². The van der Waals surface area contributed by atoms with Crippen molar-refractivity contribution in [3.8, 4) is 0 Å². The minimum absolute atomic E-state index is 0.795. The zero-order valence-electron chi connectivity index (χ0n) is 7.49. The van der Waals surface area contributed by atoms with Gasteiger partial charge in [-0.15, -0.1) is 11.3 Å². The first-order valence-electron chi connectivity index (χ1n) is 4.38. The van der Waals surface area contributed by atoms with Crippen molar-refractivity contribution in [2.75, 3.05) is 0 Å². The zero-order chi connectivity index (χ0) is 9.26. The first-order chi connectivity index (χ1) is 6.36. The molecule has 0 aliphatic heterocycles. The number of fused-ring (bicyclic) bond motifs is 1. The van der Waals surface area contributed by atoms with E-state index in [4.69, 9.17) is 0 Å². The van der Waals surface area contributed by atoms with Crippen LogP contribution in [0.5, 0.6) is 0 Å². The summed E-state index contributed by atoms with van der Waals surface area (Å²) in [5, 5.41) is 2.06. The Morgan fingerprint density at radius 3 is 3.15 bits per heavy atom. The molecule has 13 heavy (non-hydrogen) atoms. The number of aryl methyl sites for hydroxylation is 1. The van der Waals surface area contributed by atoms with E-state index in [1.807, 2.05) is 6.07 Å². The maximum absolute atomic E-state index is 10.8. The third-order valence-corrected chi connectivity index (χ3v) is 2.98. The van der Waals surface area contributed by atoms with Crippen molar-refractivity contribution in [1.29, 1.82) is 0 Å². The lowest BCUT2D eigenvalue weighted by molar-refractivity contribution is 0.111. The Labute approximate surface area is 80.8 Å². The molecule has 0 saturated carbocycles. The lowest BCUT2D eigenvalue weighted by Gasteiger charge is -2.02. The van der Waals surface area contributed by atoms with Gasteiger partial charge in [0.1, 0.15) is 0 Å². The van der Waals surface area contributed by atoms with Crippen LogP contribution in [0.4, 0.5) is 0 Å². The van der Waals surface area contributed by atoms with Crippen LogP contribution >= 0.6 is 11.3 Å². The molecular formula is C10H11NOS. The molecule has 0 N–H and O–H groups in total. The number of hydrogen-bond acceptors (Lipinski definition) is 2. The molecule has 2 aromatic rings. The average molecular weight is 193 g/mol. The van der Waals surface area contributed by atoms with Crippen LogP contribution in [0.15, 0.2) is 17.5 Å². The largest absolute Gasteiger partial charge is 0.338 e. The fourth-order valence-corrected chi connectivity index (χ4v) is 2.40. The van der Waals surface area contributed by atoms with Gasteiger partial charge in [-0.3, -0.25) is 4.79 Å². The minimum Gasteiger partial charge on any atom is -0.338 e. The van der Waals surface area contributed by atoms with Crippen molar-refractivity contribution in [3.05, 3.63) is 23.2 Å². The summed E-state index contributed by atoms with van der Waals surface area (Å²) in [6.45, 7) is 3.04. The standard InChI is InChI=1S/C10H11NOS/c1-2-4-11-8(7-12)6-10-9(11)3-5-13-10/h3,5-7H,2,4H2,1H3. The summed E-state index contributed by atoms with van der Waals surface area (Å²) in [5.74, 6) is 0. The highest BCUT2D eigenvalue weighted by molar-refractivity contribution is 7.17. The predicted molar refractivity (Wildman–Crippen MR) is 55.5 cm³/mol.